The van der Waals surface area contributed by atoms with Crippen molar-refractivity contribution in [2.75, 3.05) is 0 Å². The van der Waals surface area contributed by atoms with Crippen LogP contribution in [0.2, 0.25) is 0 Å². The molecule has 1 heterocycles. The number of hydrogen-bond acceptors (Lipinski definition) is 3. The molecule has 0 aromatic heterocycles. The maximum Gasteiger partial charge on any atom is 0.321 e. The van der Waals surface area contributed by atoms with Crippen molar-refractivity contribution in [3.05, 3.63) is 0 Å². The first kappa shape index (κ1) is 10.9. The summed E-state index contributed by atoms with van der Waals surface area (Å²) in [6.07, 6.45) is 0. The summed E-state index contributed by atoms with van der Waals surface area (Å²) < 4.78 is 0. The lowest BCUT2D eigenvalue weighted by Gasteiger charge is -2.18. The van der Waals surface area contributed by atoms with E-state index in [-0.39, 0.29) is 10.1 Å². The van der Waals surface area contributed by atoms with Crippen LogP contribution in [0.25, 0.3) is 0 Å². The molecule has 1 fully saturated rings. The summed E-state index contributed by atoms with van der Waals surface area (Å²) >= 11 is 1.72. The molecule has 0 spiro atoms. The van der Waals surface area contributed by atoms with Gasteiger partial charge in [0.05, 0.1) is 4.87 Å². The maximum absolute atomic E-state index is 10.9. The number of carboxylic acid groups (broad SMARTS) is 1. The third kappa shape index (κ3) is 2.38. The van der Waals surface area contributed by atoms with Gasteiger partial charge in [0, 0.05) is 5.25 Å². The fourth-order valence-electron chi connectivity index (χ4n) is 1.62. The predicted octanol–water partition coefficient (Wildman–Crippen LogP) is 1.54. The molecular formula is C9H17NO2S. The molecule has 2 N–H and O–H groups in total. The van der Waals surface area contributed by atoms with E-state index in [4.69, 9.17) is 5.11 Å². The van der Waals surface area contributed by atoms with Gasteiger partial charge in [-0.15, -0.1) is 11.8 Å². The molecule has 0 aromatic rings. The standard InChI is InChI=1S/C9H17NO2S/c1-5(2)7-6(8(11)12)10-9(3,4)13-7/h5-7,10H,1-4H3,(H,11,12)/t6-,7+/m1/s1. The van der Waals surface area contributed by atoms with Gasteiger partial charge in [0.25, 0.3) is 0 Å². The van der Waals surface area contributed by atoms with Crippen LogP contribution in [0.3, 0.4) is 0 Å². The van der Waals surface area contributed by atoms with E-state index >= 15 is 0 Å². The minimum atomic E-state index is -0.739. The highest BCUT2D eigenvalue weighted by molar-refractivity contribution is 8.01. The normalized spacial score (nSPS) is 32.4. The molecule has 1 rings (SSSR count). The minimum Gasteiger partial charge on any atom is -0.480 e. The Hall–Kier alpha value is -0.220. The Labute approximate surface area is 83.3 Å². The first-order valence-electron chi connectivity index (χ1n) is 4.52. The highest BCUT2D eigenvalue weighted by Crippen LogP contribution is 2.39. The van der Waals surface area contributed by atoms with Crippen LogP contribution < -0.4 is 5.32 Å². The SMILES string of the molecule is CC(C)[C@@H]1SC(C)(C)N[C@H]1C(=O)O. The zero-order valence-corrected chi connectivity index (χ0v) is 9.31. The number of hydrogen-bond donors (Lipinski definition) is 2. The van der Waals surface area contributed by atoms with Crippen molar-refractivity contribution in [2.45, 2.75) is 43.9 Å². The molecule has 76 valence electrons. The molecule has 0 bridgehead atoms. The second kappa shape index (κ2) is 3.50. The molecule has 1 aliphatic heterocycles. The number of rotatable bonds is 2. The van der Waals surface area contributed by atoms with Gasteiger partial charge < -0.3 is 5.11 Å². The van der Waals surface area contributed by atoms with E-state index in [9.17, 15) is 4.79 Å². The third-order valence-corrected chi connectivity index (χ3v) is 3.98. The van der Waals surface area contributed by atoms with Gasteiger partial charge in [-0.25, -0.2) is 0 Å². The maximum atomic E-state index is 10.9. The highest BCUT2D eigenvalue weighted by atomic mass is 32.2. The molecule has 0 aromatic carbocycles. The quantitative estimate of drug-likeness (QED) is 0.714. The van der Waals surface area contributed by atoms with Crippen molar-refractivity contribution in [1.82, 2.24) is 5.32 Å². The highest BCUT2D eigenvalue weighted by Gasteiger charge is 2.44. The van der Waals surface area contributed by atoms with Crippen LogP contribution in [0.5, 0.6) is 0 Å². The summed E-state index contributed by atoms with van der Waals surface area (Å²) in [5.41, 5.74) is 0. The predicted molar refractivity (Wildman–Crippen MR) is 54.9 cm³/mol. The second-order valence-electron chi connectivity index (χ2n) is 4.30. The van der Waals surface area contributed by atoms with E-state index in [1.807, 2.05) is 13.8 Å². The zero-order valence-electron chi connectivity index (χ0n) is 8.50. The lowest BCUT2D eigenvalue weighted by Crippen LogP contribution is -2.44. The van der Waals surface area contributed by atoms with Crippen LogP contribution in [-0.2, 0) is 4.79 Å². The van der Waals surface area contributed by atoms with E-state index < -0.39 is 12.0 Å². The second-order valence-corrected chi connectivity index (χ2v) is 6.10. The van der Waals surface area contributed by atoms with E-state index in [1.54, 1.807) is 11.8 Å². The zero-order chi connectivity index (χ0) is 10.2. The lowest BCUT2D eigenvalue weighted by molar-refractivity contribution is -0.139. The van der Waals surface area contributed by atoms with Crippen molar-refractivity contribution in [3.63, 3.8) is 0 Å². The van der Waals surface area contributed by atoms with Crippen molar-refractivity contribution in [2.24, 2.45) is 5.92 Å². The molecule has 13 heavy (non-hydrogen) atoms. The van der Waals surface area contributed by atoms with Crippen LogP contribution >= 0.6 is 11.8 Å². The van der Waals surface area contributed by atoms with Gasteiger partial charge in [-0.1, -0.05) is 13.8 Å². The Morgan fingerprint density at radius 2 is 2.08 bits per heavy atom. The first-order valence-corrected chi connectivity index (χ1v) is 5.40. The first-order chi connectivity index (χ1) is 5.83. The Kier molecular flexibility index (Phi) is 2.92. The van der Waals surface area contributed by atoms with E-state index in [0.29, 0.717) is 5.92 Å². The molecule has 1 saturated heterocycles. The van der Waals surface area contributed by atoms with Crippen molar-refractivity contribution in [3.8, 4) is 0 Å². The number of carboxylic acids is 1. The van der Waals surface area contributed by atoms with Crippen molar-refractivity contribution in [1.29, 1.82) is 0 Å². The Balaban J connectivity index is 2.77. The topological polar surface area (TPSA) is 49.3 Å². The summed E-state index contributed by atoms with van der Waals surface area (Å²) in [5.74, 6) is -0.350. The van der Waals surface area contributed by atoms with Gasteiger partial charge in [-0.2, -0.15) is 0 Å². The molecular weight excluding hydrogens is 186 g/mol. The Morgan fingerprint density at radius 1 is 1.54 bits per heavy atom. The number of carbonyl (C=O) groups is 1. The Morgan fingerprint density at radius 3 is 2.38 bits per heavy atom. The van der Waals surface area contributed by atoms with Gasteiger partial charge >= 0.3 is 5.97 Å². The molecule has 2 atom stereocenters. The van der Waals surface area contributed by atoms with E-state index in [2.05, 4.69) is 19.2 Å². The molecule has 0 saturated carbocycles. The van der Waals surface area contributed by atoms with Crippen LogP contribution in [0, 0.1) is 5.92 Å². The average molecular weight is 203 g/mol. The van der Waals surface area contributed by atoms with Gasteiger partial charge in [-0.3, -0.25) is 10.1 Å². The fourth-order valence-corrected chi connectivity index (χ4v) is 3.09. The van der Waals surface area contributed by atoms with Gasteiger partial charge in [0.1, 0.15) is 6.04 Å². The number of nitrogens with one attached hydrogen (secondary N) is 1. The molecule has 0 aliphatic carbocycles. The van der Waals surface area contributed by atoms with Crippen molar-refractivity contribution < 1.29 is 9.90 Å². The summed E-state index contributed by atoms with van der Waals surface area (Å²) in [5, 5.41) is 12.3. The van der Waals surface area contributed by atoms with Crippen LogP contribution in [0.15, 0.2) is 0 Å². The van der Waals surface area contributed by atoms with E-state index in [1.165, 1.54) is 0 Å². The van der Waals surface area contributed by atoms with Crippen LogP contribution in [0.4, 0.5) is 0 Å². The summed E-state index contributed by atoms with van der Waals surface area (Å²) in [4.78, 5) is 10.8. The minimum absolute atomic E-state index is 0.113. The molecule has 0 amide bonds. The smallest absolute Gasteiger partial charge is 0.321 e. The number of thioether (sulfide) groups is 1. The van der Waals surface area contributed by atoms with Gasteiger partial charge in [0.2, 0.25) is 0 Å². The molecule has 0 radical (unpaired) electrons. The Bertz CT molecular complexity index is 216. The van der Waals surface area contributed by atoms with E-state index in [0.717, 1.165) is 0 Å². The summed E-state index contributed by atoms with van der Waals surface area (Å²) in [6, 6.07) is -0.403. The largest absolute Gasteiger partial charge is 0.480 e. The number of aliphatic carboxylic acids is 1. The van der Waals surface area contributed by atoms with Crippen molar-refractivity contribution >= 4 is 17.7 Å². The summed E-state index contributed by atoms with van der Waals surface area (Å²) in [7, 11) is 0. The molecule has 0 unspecified atom stereocenters. The third-order valence-electron chi connectivity index (χ3n) is 2.19. The lowest BCUT2D eigenvalue weighted by atomic mass is 10.0. The molecule has 3 nitrogen and oxygen atoms in total. The van der Waals surface area contributed by atoms with Gasteiger partial charge in [-0.05, 0) is 19.8 Å². The fraction of sp³-hybridized carbons (Fsp3) is 0.889. The molecule has 4 heteroatoms. The van der Waals surface area contributed by atoms with Crippen LogP contribution in [0.1, 0.15) is 27.7 Å². The average Bonchev–Trinajstić information content (AvgIpc) is 2.26. The summed E-state index contributed by atoms with van der Waals surface area (Å²) in [6.45, 7) is 8.18. The van der Waals surface area contributed by atoms with Gasteiger partial charge in [0.15, 0.2) is 0 Å². The molecule has 1 aliphatic rings. The van der Waals surface area contributed by atoms with Crippen LogP contribution in [-0.4, -0.2) is 27.2 Å². The monoisotopic (exact) mass is 203 g/mol.